The molecule has 132 valence electrons. The molecule has 2 fully saturated rings. The summed E-state index contributed by atoms with van der Waals surface area (Å²) in [6, 6.07) is 1.78. The highest BCUT2D eigenvalue weighted by molar-refractivity contribution is 5.72. The number of primary amides is 1. The van der Waals surface area contributed by atoms with Crippen LogP contribution in [-0.2, 0) is 0 Å². The summed E-state index contributed by atoms with van der Waals surface area (Å²) in [7, 11) is 1.61. The molecule has 24 heavy (non-hydrogen) atoms. The number of hydrogen-bond donors (Lipinski definition) is 1. The van der Waals surface area contributed by atoms with E-state index in [0.29, 0.717) is 17.8 Å². The number of amides is 2. The van der Waals surface area contributed by atoms with E-state index in [4.69, 9.17) is 10.5 Å². The molecule has 2 aliphatic rings. The summed E-state index contributed by atoms with van der Waals surface area (Å²) < 4.78 is 5.18. The molecule has 0 aromatic carbocycles. The molecule has 3 heterocycles. The molecule has 2 aliphatic heterocycles. The van der Waals surface area contributed by atoms with Gasteiger partial charge in [-0.3, -0.25) is 0 Å². The molecule has 1 aromatic heterocycles. The third-order valence-corrected chi connectivity index (χ3v) is 5.28. The summed E-state index contributed by atoms with van der Waals surface area (Å²) >= 11 is 0. The fourth-order valence-corrected chi connectivity index (χ4v) is 3.98. The minimum Gasteiger partial charge on any atom is -0.481 e. The zero-order valence-electron chi connectivity index (χ0n) is 14.4. The highest BCUT2D eigenvalue weighted by Gasteiger charge is 2.33. The first kappa shape index (κ1) is 16.8. The molecule has 7 heteroatoms. The number of aromatic nitrogens is 2. The lowest BCUT2D eigenvalue weighted by atomic mass is 9.86. The standard InChI is InChI=1S/C17H27N5O2/c1-24-15-6-9-19-17(20-15)21-11-7-13(8-12-21)14-5-3-2-4-10-22(14)16(18)23/h6,9,13-14H,2-5,7-8,10-12H2,1H3,(H2,18,23). The highest BCUT2D eigenvalue weighted by atomic mass is 16.5. The van der Waals surface area contributed by atoms with E-state index in [1.165, 1.54) is 12.8 Å². The fraction of sp³-hybridized carbons (Fsp3) is 0.706. The van der Waals surface area contributed by atoms with Crippen molar-refractivity contribution in [2.45, 2.75) is 44.6 Å². The van der Waals surface area contributed by atoms with Crippen molar-refractivity contribution in [2.24, 2.45) is 11.7 Å². The van der Waals surface area contributed by atoms with Gasteiger partial charge in [-0.1, -0.05) is 12.8 Å². The van der Waals surface area contributed by atoms with E-state index >= 15 is 0 Å². The van der Waals surface area contributed by atoms with Crippen LogP contribution in [-0.4, -0.2) is 53.7 Å². The Labute approximate surface area is 143 Å². The van der Waals surface area contributed by atoms with Gasteiger partial charge in [0.2, 0.25) is 11.8 Å². The lowest BCUT2D eigenvalue weighted by Gasteiger charge is -2.40. The van der Waals surface area contributed by atoms with Crippen molar-refractivity contribution in [3.8, 4) is 5.88 Å². The number of urea groups is 1. The van der Waals surface area contributed by atoms with E-state index in [1.54, 1.807) is 19.4 Å². The number of carbonyl (C=O) groups excluding carboxylic acids is 1. The average Bonchev–Trinajstić information content (AvgIpc) is 2.88. The first-order valence-electron chi connectivity index (χ1n) is 8.87. The van der Waals surface area contributed by atoms with Gasteiger partial charge in [0.05, 0.1) is 7.11 Å². The molecule has 0 aliphatic carbocycles. The number of likely N-dealkylation sites (tertiary alicyclic amines) is 1. The number of nitrogens with zero attached hydrogens (tertiary/aromatic N) is 4. The Hall–Kier alpha value is -2.05. The maximum Gasteiger partial charge on any atom is 0.315 e. The molecule has 0 bridgehead atoms. The Kier molecular flexibility index (Phi) is 5.37. The molecule has 2 amide bonds. The van der Waals surface area contributed by atoms with E-state index in [-0.39, 0.29) is 6.03 Å². The van der Waals surface area contributed by atoms with Crippen LogP contribution in [0.4, 0.5) is 10.7 Å². The topological polar surface area (TPSA) is 84.6 Å². The summed E-state index contributed by atoms with van der Waals surface area (Å²) in [6.45, 7) is 2.61. The Bertz CT molecular complexity index is 560. The molecule has 7 nitrogen and oxygen atoms in total. The lowest BCUT2D eigenvalue weighted by Crippen LogP contribution is -2.49. The maximum atomic E-state index is 11.8. The molecular formula is C17H27N5O2. The molecule has 2 N–H and O–H groups in total. The van der Waals surface area contributed by atoms with Crippen molar-refractivity contribution >= 4 is 12.0 Å². The third-order valence-electron chi connectivity index (χ3n) is 5.28. The first-order chi connectivity index (χ1) is 11.7. The maximum absolute atomic E-state index is 11.8. The van der Waals surface area contributed by atoms with Gasteiger partial charge in [-0.05, 0) is 31.6 Å². The molecule has 1 aromatic rings. The molecule has 2 saturated heterocycles. The van der Waals surface area contributed by atoms with Gasteiger partial charge in [-0.15, -0.1) is 0 Å². The van der Waals surface area contributed by atoms with Crippen LogP contribution in [0.15, 0.2) is 12.3 Å². The fourth-order valence-electron chi connectivity index (χ4n) is 3.98. The van der Waals surface area contributed by atoms with Crippen molar-refractivity contribution in [3.63, 3.8) is 0 Å². The van der Waals surface area contributed by atoms with Crippen LogP contribution in [0.2, 0.25) is 0 Å². The summed E-state index contributed by atoms with van der Waals surface area (Å²) in [5, 5.41) is 0. The summed E-state index contributed by atoms with van der Waals surface area (Å²) in [4.78, 5) is 24.7. The smallest absolute Gasteiger partial charge is 0.315 e. The first-order valence-corrected chi connectivity index (χ1v) is 8.87. The molecular weight excluding hydrogens is 306 g/mol. The van der Waals surface area contributed by atoms with Gasteiger partial charge >= 0.3 is 6.03 Å². The Morgan fingerprint density at radius 1 is 1.21 bits per heavy atom. The van der Waals surface area contributed by atoms with E-state index < -0.39 is 0 Å². The number of rotatable bonds is 3. The number of ether oxygens (including phenoxy) is 1. The van der Waals surface area contributed by atoms with Crippen molar-refractivity contribution < 1.29 is 9.53 Å². The monoisotopic (exact) mass is 333 g/mol. The molecule has 0 radical (unpaired) electrons. The number of carbonyl (C=O) groups is 1. The van der Waals surface area contributed by atoms with Crippen LogP contribution in [0.5, 0.6) is 5.88 Å². The second kappa shape index (κ2) is 7.68. The summed E-state index contributed by atoms with van der Waals surface area (Å²) in [5.74, 6) is 1.82. The quantitative estimate of drug-likeness (QED) is 0.915. The molecule has 0 saturated carbocycles. The molecule has 3 rings (SSSR count). The van der Waals surface area contributed by atoms with Gasteiger partial charge in [-0.25, -0.2) is 9.78 Å². The van der Waals surface area contributed by atoms with Gasteiger partial charge < -0.3 is 20.3 Å². The average molecular weight is 333 g/mol. The number of anilines is 1. The van der Waals surface area contributed by atoms with Crippen LogP contribution >= 0.6 is 0 Å². The predicted octanol–water partition coefficient (Wildman–Crippen LogP) is 2.02. The zero-order chi connectivity index (χ0) is 16.9. The minimum absolute atomic E-state index is 0.263. The second-order valence-corrected chi connectivity index (χ2v) is 6.67. The van der Waals surface area contributed by atoms with Crippen molar-refractivity contribution in [2.75, 3.05) is 31.6 Å². The van der Waals surface area contributed by atoms with Gasteiger partial charge in [0, 0.05) is 37.9 Å². The number of hydrogen-bond acceptors (Lipinski definition) is 5. The van der Waals surface area contributed by atoms with Crippen LogP contribution in [0.25, 0.3) is 0 Å². The molecule has 1 atom stereocenters. The number of nitrogens with two attached hydrogens (primary N) is 1. The minimum atomic E-state index is -0.263. The second-order valence-electron chi connectivity index (χ2n) is 6.67. The highest BCUT2D eigenvalue weighted by Crippen LogP contribution is 2.31. The lowest BCUT2D eigenvalue weighted by molar-refractivity contribution is 0.143. The third kappa shape index (κ3) is 3.71. The Morgan fingerprint density at radius 3 is 2.71 bits per heavy atom. The van der Waals surface area contributed by atoms with Crippen LogP contribution < -0.4 is 15.4 Å². The van der Waals surface area contributed by atoms with Crippen molar-refractivity contribution in [3.05, 3.63) is 12.3 Å². The van der Waals surface area contributed by atoms with Crippen molar-refractivity contribution in [1.29, 1.82) is 0 Å². The zero-order valence-corrected chi connectivity index (χ0v) is 14.4. The Morgan fingerprint density at radius 2 is 2.00 bits per heavy atom. The predicted molar refractivity (Wildman–Crippen MR) is 92.1 cm³/mol. The van der Waals surface area contributed by atoms with E-state index in [2.05, 4.69) is 14.9 Å². The van der Waals surface area contributed by atoms with E-state index in [9.17, 15) is 4.79 Å². The summed E-state index contributed by atoms with van der Waals surface area (Å²) in [5.41, 5.74) is 5.63. The largest absolute Gasteiger partial charge is 0.481 e. The van der Waals surface area contributed by atoms with Gasteiger partial charge in [-0.2, -0.15) is 4.98 Å². The normalized spacial score (nSPS) is 23.0. The Balaban J connectivity index is 1.64. The van der Waals surface area contributed by atoms with E-state index in [0.717, 1.165) is 51.3 Å². The molecule has 1 unspecified atom stereocenters. The number of methoxy groups -OCH3 is 1. The summed E-state index contributed by atoms with van der Waals surface area (Å²) in [6.07, 6.45) is 8.32. The molecule has 0 spiro atoms. The van der Waals surface area contributed by atoms with Crippen LogP contribution in [0, 0.1) is 5.92 Å². The van der Waals surface area contributed by atoms with Crippen LogP contribution in [0.3, 0.4) is 0 Å². The van der Waals surface area contributed by atoms with Gasteiger partial charge in [0.25, 0.3) is 0 Å². The van der Waals surface area contributed by atoms with Gasteiger partial charge in [0.15, 0.2) is 0 Å². The van der Waals surface area contributed by atoms with E-state index in [1.807, 2.05) is 4.90 Å². The SMILES string of the molecule is COc1ccnc(N2CCC(C3CCCCCN3C(N)=O)CC2)n1. The van der Waals surface area contributed by atoms with Gasteiger partial charge in [0.1, 0.15) is 0 Å². The van der Waals surface area contributed by atoms with Crippen molar-refractivity contribution in [1.82, 2.24) is 14.9 Å². The van der Waals surface area contributed by atoms with Crippen LogP contribution in [0.1, 0.15) is 38.5 Å². The number of piperidine rings is 1.